The Morgan fingerprint density at radius 2 is 1.93 bits per heavy atom. The molecule has 0 bridgehead atoms. The number of aliphatic hydroxyl groups is 1. The minimum atomic E-state index is -1.30. The Morgan fingerprint density at radius 1 is 1.43 bits per heavy atom. The molecule has 0 aromatic carbocycles. The first-order chi connectivity index (χ1) is 6.13. The first-order valence-corrected chi connectivity index (χ1v) is 3.69. The third kappa shape index (κ3) is 2.95. The van der Waals surface area contributed by atoms with Crippen LogP contribution in [0.1, 0.15) is 11.7 Å². The van der Waals surface area contributed by atoms with Crippen LogP contribution in [0.15, 0.2) is 24.5 Å². The van der Waals surface area contributed by atoms with Gasteiger partial charge in [0.1, 0.15) is 12.1 Å². The van der Waals surface area contributed by atoms with E-state index in [0.717, 1.165) is 0 Å². The van der Waals surface area contributed by atoms with E-state index in [9.17, 15) is 9.90 Å². The van der Waals surface area contributed by atoms with Crippen molar-refractivity contribution in [1.82, 2.24) is 4.98 Å². The average Bonchev–Trinajstić information content (AvgIpc) is 2.17. The van der Waals surface area contributed by atoms with Crippen molar-refractivity contribution >= 4 is 18.4 Å². The lowest BCUT2D eigenvalue weighted by molar-refractivity contribution is -0.141. The number of nitrogens with zero attached hydrogens (tertiary/aromatic N) is 1. The summed E-state index contributed by atoms with van der Waals surface area (Å²) in [5, 5.41) is 17.9. The lowest BCUT2D eigenvalue weighted by Gasteiger charge is -2.14. The summed E-state index contributed by atoms with van der Waals surface area (Å²) in [6.45, 7) is 0. The summed E-state index contributed by atoms with van der Waals surface area (Å²) < 4.78 is 0. The number of nitrogens with two attached hydrogens (primary N) is 1. The monoisotopic (exact) mass is 218 g/mol. The predicted octanol–water partition coefficient (Wildman–Crippen LogP) is -0.0513. The number of carboxylic acid groups (broad SMARTS) is 1. The van der Waals surface area contributed by atoms with E-state index in [-0.39, 0.29) is 12.4 Å². The fourth-order valence-electron chi connectivity index (χ4n) is 0.903. The molecule has 0 aliphatic carbocycles. The van der Waals surface area contributed by atoms with Gasteiger partial charge in [-0.1, -0.05) is 0 Å². The summed E-state index contributed by atoms with van der Waals surface area (Å²) >= 11 is 0. The van der Waals surface area contributed by atoms with E-state index in [1.165, 1.54) is 24.5 Å². The molecule has 0 aliphatic rings. The van der Waals surface area contributed by atoms with Crippen molar-refractivity contribution in [2.45, 2.75) is 12.1 Å². The first-order valence-electron chi connectivity index (χ1n) is 3.69. The highest BCUT2D eigenvalue weighted by Gasteiger charge is 2.22. The number of halogens is 1. The quantitative estimate of drug-likeness (QED) is 0.661. The van der Waals surface area contributed by atoms with Gasteiger partial charge in [-0.3, -0.25) is 9.78 Å². The molecule has 0 fully saturated rings. The molecule has 1 rings (SSSR count). The molecule has 0 radical (unpaired) electrons. The van der Waals surface area contributed by atoms with Gasteiger partial charge in [0.05, 0.1) is 0 Å². The van der Waals surface area contributed by atoms with Crippen LogP contribution >= 0.6 is 12.4 Å². The number of aliphatic carboxylic acids is 1. The van der Waals surface area contributed by atoms with Crippen molar-refractivity contribution in [2.75, 3.05) is 0 Å². The number of hydrogen-bond donors (Lipinski definition) is 3. The minimum Gasteiger partial charge on any atom is -0.480 e. The van der Waals surface area contributed by atoms with Crippen LogP contribution in [0.5, 0.6) is 0 Å². The second-order valence-corrected chi connectivity index (χ2v) is 2.59. The molecule has 1 aromatic heterocycles. The summed E-state index contributed by atoms with van der Waals surface area (Å²) in [5.74, 6) is -1.23. The van der Waals surface area contributed by atoms with Crippen molar-refractivity contribution in [2.24, 2.45) is 5.73 Å². The predicted molar refractivity (Wildman–Crippen MR) is 52.1 cm³/mol. The van der Waals surface area contributed by atoms with Gasteiger partial charge >= 0.3 is 5.97 Å². The zero-order valence-electron chi connectivity index (χ0n) is 7.20. The maximum atomic E-state index is 10.4. The molecule has 2 unspecified atom stereocenters. The average molecular weight is 219 g/mol. The molecule has 14 heavy (non-hydrogen) atoms. The summed E-state index contributed by atoms with van der Waals surface area (Å²) in [5.41, 5.74) is 5.67. The highest BCUT2D eigenvalue weighted by atomic mass is 35.5. The van der Waals surface area contributed by atoms with Crippen molar-refractivity contribution in [3.05, 3.63) is 30.1 Å². The summed E-state index contributed by atoms with van der Waals surface area (Å²) in [6, 6.07) is 1.74. The number of pyridine rings is 1. The molecule has 78 valence electrons. The van der Waals surface area contributed by atoms with Crippen LogP contribution in [0.3, 0.4) is 0 Å². The van der Waals surface area contributed by atoms with Crippen molar-refractivity contribution < 1.29 is 15.0 Å². The SMILES string of the molecule is Cl.NC(C(=O)O)C(O)c1ccncc1. The molecule has 0 aliphatic heterocycles. The molecule has 0 spiro atoms. The van der Waals surface area contributed by atoms with Gasteiger partial charge in [0.2, 0.25) is 0 Å². The van der Waals surface area contributed by atoms with E-state index in [0.29, 0.717) is 5.56 Å². The van der Waals surface area contributed by atoms with E-state index in [1.807, 2.05) is 0 Å². The van der Waals surface area contributed by atoms with Gasteiger partial charge in [0, 0.05) is 12.4 Å². The smallest absolute Gasteiger partial charge is 0.323 e. The first kappa shape index (κ1) is 12.8. The lowest BCUT2D eigenvalue weighted by Crippen LogP contribution is -2.36. The van der Waals surface area contributed by atoms with Gasteiger partial charge in [-0.15, -0.1) is 12.4 Å². The second-order valence-electron chi connectivity index (χ2n) is 2.59. The number of aromatic nitrogens is 1. The highest BCUT2D eigenvalue weighted by molar-refractivity contribution is 5.85. The molecule has 1 aromatic rings. The van der Waals surface area contributed by atoms with E-state index in [4.69, 9.17) is 10.8 Å². The van der Waals surface area contributed by atoms with Crippen molar-refractivity contribution in [3.8, 4) is 0 Å². The zero-order valence-corrected chi connectivity index (χ0v) is 8.02. The fraction of sp³-hybridized carbons (Fsp3) is 0.250. The zero-order chi connectivity index (χ0) is 9.84. The summed E-state index contributed by atoms with van der Waals surface area (Å²) in [7, 11) is 0. The Hall–Kier alpha value is -1.17. The molecule has 4 N–H and O–H groups in total. The van der Waals surface area contributed by atoms with Crippen molar-refractivity contribution in [3.63, 3.8) is 0 Å². The maximum Gasteiger partial charge on any atom is 0.323 e. The third-order valence-corrected chi connectivity index (χ3v) is 1.67. The Balaban J connectivity index is 0.00000169. The Bertz CT molecular complexity index is 294. The second kappa shape index (κ2) is 5.54. The Labute approximate surface area is 87.0 Å². The van der Waals surface area contributed by atoms with E-state index >= 15 is 0 Å². The molecule has 1 heterocycles. The summed E-state index contributed by atoms with van der Waals surface area (Å²) in [4.78, 5) is 14.1. The van der Waals surface area contributed by atoms with Crippen LogP contribution in [-0.2, 0) is 4.79 Å². The normalized spacial score (nSPS) is 13.9. The maximum absolute atomic E-state index is 10.4. The lowest BCUT2D eigenvalue weighted by atomic mass is 10.0. The van der Waals surface area contributed by atoms with Gasteiger partial charge in [-0.05, 0) is 17.7 Å². The number of carbonyl (C=O) groups is 1. The van der Waals surface area contributed by atoms with Crippen LogP contribution < -0.4 is 5.73 Å². The van der Waals surface area contributed by atoms with Gasteiger partial charge in [-0.2, -0.15) is 0 Å². The van der Waals surface area contributed by atoms with Crippen molar-refractivity contribution in [1.29, 1.82) is 0 Å². The van der Waals surface area contributed by atoms with Crippen LogP contribution in [0.2, 0.25) is 0 Å². The van der Waals surface area contributed by atoms with E-state index in [1.54, 1.807) is 0 Å². The summed E-state index contributed by atoms with van der Waals surface area (Å²) in [6.07, 6.45) is 1.74. The molecule has 2 atom stereocenters. The molecule has 6 heteroatoms. The third-order valence-electron chi connectivity index (χ3n) is 1.67. The number of rotatable bonds is 3. The van der Waals surface area contributed by atoms with E-state index in [2.05, 4.69) is 4.98 Å². The molecule has 0 saturated carbocycles. The molecular weight excluding hydrogens is 208 g/mol. The molecular formula is C8H11ClN2O3. The highest BCUT2D eigenvalue weighted by Crippen LogP contribution is 2.13. The van der Waals surface area contributed by atoms with Gasteiger partial charge < -0.3 is 15.9 Å². The topological polar surface area (TPSA) is 96.4 Å². The van der Waals surface area contributed by atoms with Crippen LogP contribution in [0, 0.1) is 0 Å². The van der Waals surface area contributed by atoms with Crippen LogP contribution in [-0.4, -0.2) is 27.2 Å². The number of aliphatic hydroxyl groups excluding tert-OH is 1. The Kier molecular flexibility index (Phi) is 5.07. The van der Waals surface area contributed by atoms with E-state index < -0.39 is 18.1 Å². The largest absolute Gasteiger partial charge is 0.480 e. The van der Waals surface area contributed by atoms with Crippen LogP contribution in [0.4, 0.5) is 0 Å². The number of carboxylic acids is 1. The van der Waals surface area contributed by atoms with Crippen LogP contribution in [0.25, 0.3) is 0 Å². The standard InChI is InChI=1S/C8H10N2O3.ClH/c9-6(8(12)13)7(11)5-1-3-10-4-2-5;/h1-4,6-7,11H,9H2,(H,12,13);1H. The molecule has 0 saturated heterocycles. The number of hydrogen-bond acceptors (Lipinski definition) is 4. The Morgan fingerprint density at radius 3 is 2.36 bits per heavy atom. The van der Waals surface area contributed by atoms with Gasteiger partial charge in [0.25, 0.3) is 0 Å². The van der Waals surface area contributed by atoms with Gasteiger partial charge in [-0.25, -0.2) is 0 Å². The molecule has 5 nitrogen and oxygen atoms in total. The fourth-order valence-corrected chi connectivity index (χ4v) is 0.903. The minimum absolute atomic E-state index is 0. The molecule has 0 amide bonds. The van der Waals surface area contributed by atoms with Gasteiger partial charge in [0.15, 0.2) is 0 Å².